The molecule has 0 fully saturated rings. The first-order valence-electron chi connectivity index (χ1n) is 5.33. The molecule has 1 unspecified atom stereocenters. The number of alkyl halides is 3. The summed E-state index contributed by atoms with van der Waals surface area (Å²) in [5, 5.41) is 11.4. The molecule has 1 amide bonds. The van der Waals surface area contributed by atoms with E-state index in [2.05, 4.69) is 5.32 Å². The number of carbonyl (C=O) groups excluding carboxylic acids is 1. The molecule has 0 aliphatic heterocycles. The van der Waals surface area contributed by atoms with Gasteiger partial charge in [0.1, 0.15) is 0 Å². The maximum Gasteiger partial charge on any atom is 0.389 e. The number of amides is 1. The van der Waals surface area contributed by atoms with E-state index in [1.807, 2.05) is 0 Å². The van der Waals surface area contributed by atoms with E-state index >= 15 is 0 Å². The highest BCUT2D eigenvalue weighted by Crippen LogP contribution is 2.21. The summed E-state index contributed by atoms with van der Waals surface area (Å²) in [5.74, 6) is -0.229. The van der Waals surface area contributed by atoms with Crippen molar-refractivity contribution in [2.45, 2.75) is 51.3 Å². The molecule has 0 saturated heterocycles. The van der Waals surface area contributed by atoms with Crippen LogP contribution in [0.3, 0.4) is 0 Å². The Morgan fingerprint density at radius 2 is 2.00 bits per heavy atom. The highest BCUT2D eigenvalue weighted by atomic mass is 19.4. The summed E-state index contributed by atoms with van der Waals surface area (Å²) in [6.07, 6.45) is -4.53. The van der Waals surface area contributed by atoms with Crippen molar-refractivity contribution in [1.82, 2.24) is 5.32 Å². The van der Waals surface area contributed by atoms with E-state index in [4.69, 9.17) is 5.11 Å². The van der Waals surface area contributed by atoms with Crippen LogP contribution >= 0.6 is 0 Å². The van der Waals surface area contributed by atoms with E-state index in [-0.39, 0.29) is 25.3 Å². The number of unbranched alkanes of at least 4 members (excludes halogenated alkanes) is 1. The molecule has 0 aliphatic carbocycles. The first kappa shape index (κ1) is 15.2. The average molecular weight is 241 g/mol. The number of nitrogens with one attached hydrogen (secondary N) is 1. The second kappa shape index (κ2) is 7.49. The predicted molar refractivity (Wildman–Crippen MR) is 53.8 cm³/mol. The molecule has 0 saturated carbocycles. The standard InChI is InChI=1S/C10H18F3NO2/c1-8(15)4-5-9(16)14-7-3-2-6-10(11,12)13/h8,15H,2-7H2,1H3,(H,14,16). The van der Waals surface area contributed by atoms with Crippen LogP contribution in [0, 0.1) is 0 Å². The Morgan fingerprint density at radius 1 is 1.38 bits per heavy atom. The second-order valence-corrected chi connectivity index (χ2v) is 3.81. The molecule has 6 heteroatoms. The quantitative estimate of drug-likeness (QED) is 0.670. The van der Waals surface area contributed by atoms with Gasteiger partial charge in [0, 0.05) is 19.4 Å². The van der Waals surface area contributed by atoms with E-state index in [0.29, 0.717) is 12.8 Å². The van der Waals surface area contributed by atoms with Crippen LogP contribution in [-0.2, 0) is 4.79 Å². The van der Waals surface area contributed by atoms with Crippen molar-refractivity contribution in [3.05, 3.63) is 0 Å². The lowest BCUT2D eigenvalue weighted by atomic mass is 10.2. The number of hydrogen-bond donors (Lipinski definition) is 2. The van der Waals surface area contributed by atoms with Crippen molar-refractivity contribution >= 4 is 5.91 Å². The Kier molecular flexibility index (Phi) is 7.12. The molecule has 96 valence electrons. The summed E-state index contributed by atoms with van der Waals surface area (Å²) in [6, 6.07) is 0. The molecule has 0 radical (unpaired) electrons. The highest BCUT2D eigenvalue weighted by Gasteiger charge is 2.25. The average Bonchev–Trinajstić information content (AvgIpc) is 2.12. The molecule has 16 heavy (non-hydrogen) atoms. The van der Waals surface area contributed by atoms with E-state index in [1.54, 1.807) is 6.92 Å². The van der Waals surface area contributed by atoms with Gasteiger partial charge in [0.2, 0.25) is 5.91 Å². The maximum atomic E-state index is 11.7. The number of halogens is 3. The number of carbonyl (C=O) groups is 1. The zero-order valence-electron chi connectivity index (χ0n) is 9.31. The van der Waals surface area contributed by atoms with Gasteiger partial charge in [-0.05, 0) is 26.2 Å². The second-order valence-electron chi connectivity index (χ2n) is 3.81. The highest BCUT2D eigenvalue weighted by molar-refractivity contribution is 5.75. The van der Waals surface area contributed by atoms with Gasteiger partial charge in [0.05, 0.1) is 6.10 Å². The van der Waals surface area contributed by atoms with Crippen LogP contribution in [0.25, 0.3) is 0 Å². The van der Waals surface area contributed by atoms with Gasteiger partial charge in [-0.15, -0.1) is 0 Å². The van der Waals surface area contributed by atoms with Crippen molar-refractivity contribution < 1.29 is 23.1 Å². The molecule has 1 atom stereocenters. The lowest BCUT2D eigenvalue weighted by molar-refractivity contribution is -0.135. The molecular formula is C10H18F3NO2. The smallest absolute Gasteiger partial charge is 0.389 e. The molecule has 0 aromatic carbocycles. The lowest BCUT2D eigenvalue weighted by Crippen LogP contribution is -2.25. The summed E-state index contributed by atoms with van der Waals surface area (Å²) in [7, 11) is 0. The van der Waals surface area contributed by atoms with Gasteiger partial charge >= 0.3 is 6.18 Å². The van der Waals surface area contributed by atoms with Crippen LogP contribution in [0.15, 0.2) is 0 Å². The molecule has 0 spiro atoms. The fourth-order valence-electron chi connectivity index (χ4n) is 1.11. The lowest BCUT2D eigenvalue weighted by Gasteiger charge is -2.07. The zero-order valence-corrected chi connectivity index (χ0v) is 9.31. The Morgan fingerprint density at radius 3 is 2.50 bits per heavy atom. The van der Waals surface area contributed by atoms with Crippen molar-refractivity contribution in [1.29, 1.82) is 0 Å². The zero-order chi connectivity index (χ0) is 12.6. The molecule has 0 rings (SSSR count). The van der Waals surface area contributed by atoms with E-state index in [9.17, 15) is 18.0 Å². The number of rotatable bonds is 7. The largest absolute Gasteiger partial charge is 0.393 e. The van der Waals surface area contributed by atoms with Crippen LogP contribution in [0.2, 0.25) is 0 Å². The minimum absolute atomic E-state index is 0.0280. The molecule has 0 bridgehead atoms. The first-order chi connectivity index (χ1) is 7.31. The minimum atomic E-state index is -4.11. The fourth-order valence-corrected chi connectivity index (χ4v) is 1.11. The fraction of sp³-hybridized carbons (Fsp3) is 0.900. The van der Waals surface area contributed by atoms with Crippen molar-refractivity contribution in [3.63, 3.8) is 0 Å². The molecular weight excluding hydrogens is 223 g/mol. The topological polar surface area (TPSA) is 49.3 Å². The summed E-state index contributed by atoms with van der Waals surface area (Å²) in [6.45, 7) is 1.84. The van der Waals surface area contributed by atoms with Gasteiger partial charge in [0.25, 0.3) is 0 Å². The van der Waals surface area contributed by atoms with Gasteiger partial charge in [-0.3, -0.25) is 4.79 Å². The van der Waals surface area contributed by atoms with Gasteiger partial charge in [-0.25, -0.2) is 0 Å². The minimum Gasteiger partial charge on any atom is -0.393 e. The summed E-state index contributed by atoms with van der Waals surface area (Å²) in [4.78, 5) is 11.1. The van der Waals surface area contributed by atoms with E-state index < -0.39 is 18.7 Å². The molecule has 0 aromatic rings. The Labute approximate surface area is 93.0 Å². The van der Waals surface area contributed by atoms with Gasteiger partial charge < -0.3 is 10.4 Å². The molecule has 2 N–H and O–H groups in total. The normalized spacial score (nSPS) is 13.6. The SMILES string of the molecule is CC(O)CCC(=O)NCCCCC(F)(F)F. The summed E-state index contributed by atoms with van der Waals surface area (Å²) >= 11 is 0. The molecule has 0 aromatic heterocycles. The van der Waals surface area contributed by atoms with Gasteiger partial charge in [0.15, 0.2) is 0 Å². The third-order valence-corrected chi connectivity index (χ3v) is 2.00. The van der Waals surface area contributed by atoms with E-state index in [1.165, 1.54) is 0 Å². The monoisotopic (exact) mass is 241 g/mol. The number of aliphatic hydroxyl groups excluding tert-OH is 1. The van der Waals surface area contributed by atoms with Gasteiger partial charge in [-0.2, -0.15) is 13.2 Å². The Balaban J connectivity index is 3.35. The third-order valence-electron chi connectivity index (χ3n) is 2.00. The summed E-state index contributed by atoms with van der Waals surface area (Å²) < 4.78 is 35.2. The molecule has 0 aliphatic rings. The van der Waals surface area contributed by atoms with Crippen LogP contribution in [0.5, 0.6) is 0 Å². The van der Waals surface area contributed by atoms with Crippen molar-refractivity contribution in [3.8, 4) is 0 Å². The van der Waals surface area contributed by atoms with E-state index in [0.717, 1.165) is 0 Å². The predicted octanol–water partition coefficient (Wildman–Crippen LogP) is 2.00. The van der Waals surface area contributed by atoms with Crippen LogP contribution in [0.4, 0.5) is 13.2 Å². The van der Waals surface area contributed by atoms with Crippen LogP contribution in [0.1, 0.15) is 39.0 Å². The molecule has 3 nitrogen and oxygen atoms in total. The van der Waals surface area contributed by atoms with Crippen molar-refractivity contribution in [2.24, 2.45) is 0 Å². The Hall–Kier alpha value is -0.780. The Bertz CT molecular complexity index is 205. The summed E-state index contributed by atoms with van der Waals surface area (Å²) in [5.41, 5.74) is 0. The van der Waals surface area contributed by atoms with Crippen LogP contribution < -0.4 is 5.32 Å². The van der Waals surface area contributed by atoms with Gasteiger partial charge in [-0.1, -0.05) is 0 Å². The first-order valence-corrected chi connectivity index (χ1v) is 5.33. The third kappa shape index (κ3) is 11.3. The molecule has 0 heterocycles. The number of hydrogen-bond acceptors (Lipinski definition) is 2. The van der Waals surface area contributed by atoms with Crippen LogP contribution in [-0.4, -0.2) is 29.8 Å². The maximum absolute atomic E-state index is 11.7. The number of aliphatic hydroxyl groups is 1. The van der Waals surface area contributed by atoms with Crippen molar-refractivity contribution in [2.75, 3.05) is 6.54 Å².